The van der Waals surface area contributed by atoms with Gasteiger partial charge in [0.2, 0.25) is 22.3 Å². The number of aryl methyl sites for hydroxylation is 1. The maximum atomic E-state index is 12.7. The topological polar surface area (TPSA) is 78.0 Å². The molecule has 2 heterocycles. The minimum Gasteiger partial charge on any atom is -0.342 e. The molecule has 2 aliphatic rings. The summed E-state index contributed by atoms with van der Waals surface area (Å²) in [4.78, 5) is 27.2. The standard InChI is InChI=1S/C18H25N3O4S/c1-15-2-4-17(5-3-15)26(24,25)21-8-6-16(7-9-21)18(23)20-12-10-19(14-22)11-13-20/h2-5,14,16H,6-13H2,1H3. The first-order valence-corrected chi connectivity index (χ1v) is 10.4. The predicted molar refractivity (Wildman–Crippen MR) is 96.9 cm³/mol. The normalized spacial score (nSPS) is 20.2. The molecule has 2 saturated heterocycles. The summed E-state index contributed by atoms with van der Waals surface area (Å²) in [6, 6.07) is 6.85. The van der Waals surface area contributed by atoms with Crippen molar-refractivity contribution in [2.24, 2.45) is 5.92 Å². The van der Waals surface area contributed by atoms with E-state index in [4.69, 9.17) is 0 Å². The van der Waals surface area contributed by atoms with Crippen molar-refractivity contribution in [3.8, 4) is 0 Å². The van der Waals surface area contributed by atoms with Gasteiger partial charge in [-0.15, -0.1) is 0 Å². The predicted octanol–water partition coefficient (Wildman–Crippen LogP) is 0.696. The van der Waals surface area contributed by atoms with Crippen LogP contribution in [0, 0.1) is 12.8 Å². The molecule has 8 heteroatoms. The largest absolute Gasteiger partial charge is 0.342 e. The Balaban J connectivity index is 1.58. The Morgan fingerprint density at radius 1 is 1.00 bits per heavy atom. The van der Waals surface area contributed by atoms with Gasteiger partial charge < -0.3 is 9.80 Å². The number of piperazine rings is 1. The Kier molecular flexibility index (Phi) is 5.62. The number of piperidine rings is 1. The van der Waals surface area contributed by atoms with E-state index in [2.05, 4.69) is 0 Å². The molecule has 0 spiro atoms. The zero-order valence-corrected chi connectivity index (χ0v) is 15.8. The molecule has 0 N–H and O–H groups in total. The molecule has 0 aromatic heterocycles. The summed E-state index contributed by atoms with van der Waals surface area (Å²) >= 11 is 0. The average Bonchev–Trinajstić information content (AvgIpc) is 2.68. The number of amides is 2. The van der Waals surface area contributed by atoms with Crippen molar-refractivity contribution in [1.82, 2.24) is 14.1 Å². The first-order valence-electron chi connectivity index (χ1n) is 8.97. The monoisotopic (exact) mass is 379 g/mol. The fourth-order valence-corrected chi connectivity index (χ4v) is 4.98. The number of sulfonamides is 1. The second kappa shape index (κ2) is 7.75. The minimum absolute atomic E-state index is 0.0860. The Labute approximate surface area is 154 Å². The molecule has 3 rings (SSSR count). The van der Waals surface area contributed by atoms with Crippen molar-refractivity contribution < 1.29 is 18.0 Å². The van der Waals surface area contributed by atoms with Crippen molar-refractivity contribution in [2.75, 3.05) is 39.3 Å². The lowest BCUT2D eigenvalue weighted by Crippen LogP contribution is -2.51. The second-order valence-corrected chi connectivity index (χ2v) is 8.90. The Morgan fingerprint density at radius 2 is 1.58 bits per heavy atom. The molecule has 2 fully saturated rings. The van der Waals surface area contributed by atoms with Crippen LogP contribution in [0.4, 0.5) is 0 Å². The Morgan fingerprint density at radius 3 is 2.12 bits per heavy atom. The molecule has 0 saturated carbocycles. The third-order valence-corrected chi connectivity index (χ3v) is 7.15. The van der Waals surface area contributed by atoms with Crippen molar-refractivity contribution in [2.45, 2.75) is 24.7 Å². The van der Waals surface area contributed by atoms with E-state index in [-0.39, 0.29) is 11.8 Å². The molecule has 2 amide bonds. The molecule has 1 aromatic carbocycles. The molecule has 0 bridgehead atoms. The molecule has 2 aliphatic heterocycles. The molecule has 1 aromatic rings. The van der Waals surface area contributed by atoms with Crippen LogP contribution in [0.15, 0.2) is 29.2 Å². The summed E-state index contributed by atoms with van der Waals surface area (Å²) in [5.41, 5.74) is 1.02. The third kappa shape index (κ3) is 3.91. The molecule has 0 aliphatic carbocycles. The zero-order valence-electron chi connectivity index (χ0n) is 15.0. The fourth-order valence-electron chi connectivity index (χ4n) is 3.51. The molecule has 0 unspecified atom stereocenters. The van der Waals surface area contributed by atoms with Crippen LogP contribution >= 0.6 is 0 Å². The SMILES string of the molecule is Cc1ccc(S(=O)(=O)N2CCC(C(=O)N3CCN(C=O)CC3)CC2)cc1. The molecular formula is C18H25N3O4S. The van der Waals surface area contributed by atoms with E-state index in [1.165, 1.54) is 4.31 Å². The highest BCUT2D eigenvalue weighted by Crippen LogP contribution is 2.25. The summed E-state index contributed by atoms with van der Waals surface area (Å²) in [7, 11) is -3.50. The van der Waals surface area contributed by atoms with Crippen molar-refractivity contribution >= 4 is 22.3 Å². The average molecular weight is 379 g/mol. The van der Waals surface area contributed by atoms with E-state index in [1.54, 1.807) is 34.1 Å². The first kappa shape index (κ1) is 18.8. The number of benzene rings is 1. The smallest absolute Gasteiger partial charge is 0.243 e. The minimum atomic E-state index is -3.50. The van der Waals surface area contributed by atoms with Gasteiger partial charge in [-0.25, -0.2) is 8.42 Å². The van der Waals surface area contributed by atoms with E-state index >= 15 is 0 Å². The van der Waals surface area contributed by atoms with Gasteiger partial charge in [-0.05, 0) is 31.9 Å². The van der Waals surface area contributed by atoms with Gasteiger partial charge in [0.05, 0.1) is 4.90 Å². The van der Waals surface area contributed by atoms with Crippen LogP contribution in [0.1, 0.15) is 18.4 Å². The van der Waals surface area contributed by atoms with Crippen LogP contribution in [0.5, 0.6) is 0 Å². The van der Waals surface area contributed by atoms with E-state index in [0.29, 0.717) is 57.0 Å². The van der Waals surface area contributed by atoms with Gasteiger partial charge in [0, 0.05) is 45.2 Å². The van der Waals surface area contributed by atoms with Crippen LogP contribution in [0.2, 0.25) is 0 Å². The lowest BCUT2D eigenvalue weighted by atomic mass is 9.96. The van der Waals surface area contributed by atoms with Gasteiger partial charge in [0.1, 0.15) is 0 Å². The lowest BCUT2D eigenvalue weighted by Gasteiger charge is -2.37. The lowest BCUT2D eigenvalue weighted by molar-refractivity contribution is -0.140. The zero-order chi connectivity index (χ0) is 18.7. The molecular weight excluding hydrogens is 354 g/mol. The Bertz CT molecular complexity index is 747. The number of hydrogen-bond acceptors (Lipinski definition) is 4. The van der Waals surface area contributed by atoms with Gasteiger partial charge >= 0.3 is 0 Å². The van der Waals surface area contributed by atoms with Crippen LogP contribution in [0.3, 0.4) is 0 Å². The van der Waals surface area contributed by atoms with Gasteiger partial charge in [-0.1, -0.05) is 17.7 Å². The van der Waals surface area contributed by atoms with Crippen molar-refractivity contribution in [3.63, 3.8) is 0 Å². The molecule has 7 nitrogen and oxygen atoms in total. The number of nitrogens with zero attached hydrogens (tertiary/aromatic N) is 3. The number of carbonyl (C=O) groups excluding carboxylic acids is 2. The summed E-state index contributed by atoms with van der Waals surface area (Å²) in [6.07, 6.45) is 1.89. The van der Waals surface area contributed by atoms with Crippen LogP contribution in [0.25, 0.3) is 0 Å². The van der Waals surface area contributed by atoms with E-state index < -0.39 is 10.0 Å². The van der Waals surface area contributed by atoms with Crippen molar-refractivity contribution in [3.05, 3.63) is 29.8 Å². The summed E-state index contributed by atoms with van der Waals surface area (Å²) < 4.78 is 27.0. The maximum absolute atomic E-state index is 12.7. The Hall–Kier alpha value is -1.93. The molecule has 26 heavy (non-hydrogen) atoms. The second-order valence-electron chi connectivity index (χ2n) is 6.96. The third-order valence-electron chi connectivity index (χ3n) is 5.24. The first-order chi connectivity index (χ1) is 12.4. The van der Waals surface area contributed by atoms with Gasteiger partial charge in [-0.3, -0.25) is 9.59 Å². The van der Waals surface area contributed by atoms with Crippen molar-refractivity contribution in [1.29, 1.82) is 0 Å². The van der Waals surface area contributed by atoms with Gasteiger partial charge in [0.25, 0.3) is 0 Å². The molecule has 0 atom stereocenters. The number of hydrogen-bond donors (Lipinski definition) is 0. The highest BCUT2D eigenvalue weighted by molar-refractivity contribution is 7.89. The van der Waals surface area contributed by atoms with Crippen LogP contribution in [-0.4, -0.2) is 74.1 Å². The number of carbonyl (C=O) groups is 2. The highest BCUT2D eigenvalue weighted by atomic mass is 32.2. The van der Waals surface area contributed by atoms with Crippen LogP contribution in [-0.2, 0) is 19.6 Å². The summed E-state index contributed by atoms with van der Waals surface area (Å²) in [6.45, 7) is 4.88. The highest BCUT2D eigenvalue weighted by Gasteiger charge is 2.34. The summed E-state index contributed by atoms with van der Waals surface area (Å²) in [5.74, 6) is -0.0508. The number of rotatable bonds is 4. The van der Waals surface area contributed by atoms with E-state index in [9.17, 15) is 18.0 Å². The van der Waals surface area contributed by atoms with E-state index in [1.807, 2.05) is 6.92 Å². The fraction of sp³-hybridized carbons (Fsp3) is 0.556. The summed E-state index contributed by atoms with van der Waals surface area (Å²) in [5, 5.41) is 0. The van der Waals surface area contributed by atoms with Gasteiger partial charge in [0.15, 0.2) is 0 Å². The maximum Gasteiger partial charge on any atom is 0.243 e. The van der Waals surface area contributed by atoms with Gasteiger partial charge in [-0.2, -0.15) is 4.31 Å². The van der Waals surface area contributed by atoms with Crippen LogP contribution < -0.4 is 0 Å². The molecule has 0 radical (unpaired) electrons. The van der Waals surface area contributed by atoms with E-state index in [0.717, 1.165) is 12.0 Å². The quantitative estimate of drug-likeness (QED) is 0.722. The molecule has 142 valence electrons.